The lowest BCUT2D eigenvalue weighted by molar-refractivity contribution is 0.0265. The molecule has 0 spiro atoms. The summed E-state index contributed by atoms with van der Waals surface area (Å²) in [7, 11) is 0. The van der Waals surface area contributed by atoms with E-state index in [4.69, 9.17) is 14.3 Å². The molecule has 6 nitrogen and oxygen atoms in total. The van der Waals surface area contributed by atoms with E-state index in [9.17, 15) is 9.90 Å². The fraction of sp³-hybridized carbons (Fsp3) is 0.583. The Kier molecular flexibility index (Phi) is 3.70. The highest BCUT2D eigenvalue weighted by molar-refractivity contribution is 5.86. The minimum absolute atomic E-state index is 0.0327. The molecular weight excluding hydrogens is 238 g/mol. The smallest absolute Gasteiger partial charge is 0.372 e. The molecule has 1 aromatic rings. The monoisotopic (exact) mass is 255 g/mol. The molecule has 2 heterocycles. The number of furan rings is 1. The van der Waals surface area contributed by atoms with Gasteiger partial charge in [0.05, 0.1) is 13.2 Å². The van der Waals surface area contributed by atoms with E-state index in [0.717, 1.165) is 0 Å². The number of aryl methyl sites for hydroxylation is 1. The van der Waals surface area contributed by atoms with E-state index in [1.165, 1.54) is 0 Å². The molecule has 0 aliphatic carbocycles. The Morgan fingerprint density at radius 1 is 1.61 bits per heavy atom. The first kappa shape index (κ1) is 13.1. The van der Waals surface area contributed by atoms with Crippen LogP contribution in [0.15, 0.2) is 10.5 Å². The van der Waals surface area contributed by atoms with Crippen LogP contribution in [0.3, 0.4) is 0 Å². The Morgan fingerprint density at radius 2 is 2.39 bits per heavy atom. The summed E-state index contributed by atoms with van der Waals surface area (Å²) < 4.78 is 10.3. The van der Waals surface area contributed by atoms with Crippen LogP contribution in [0.5, 0.6) is 0 Å². The fourth-order valence-electron chi connectivity index (χ4n) is 2.00. The number of nitrogens with one attached hydrogen (secondary N) is 1. The van der Waals surface area contributed by atoms with Gasteiger partial charge in [-0.2, -0.15) is 0 Å². The Hall–Kier alpha value is -1.37. The highest BCUT2D eigenvalue weighted by Gasteiger charge is 2.31. The topological polar surface area (TPSA) is 91.9 Å². The third kappa shape index (κ3) is 2.90. The minimum atomic E-state index is -1.07. The van der Waals surface area contributed by atoms with Gasteiger partial charge in [-0.05, 0) is 13.0 Å². The maximum absolute atomic E-state index is 10.8. The lowest BCUT2D eigenvalue weighted by atomic mass is 10.0. The van der Waals surface area contributed by atoms with Crippen molar-refractivity contribution in [1.82, 2.24) is 5.32 Å². The van der Waals surface area contributed by atoms with Gasteiger partial charge in [0.2, 0.25) is 5.76 Å². The number of rotatable bonds is 5. The third-order valence-electron chi connectivity index (χ3n) is 3.00. The second-order valence-corrected chi connectivity index (χ2v) is 4.66. The molecule has 18 heavy (non-hydrogen) atoms. The van der Waals surface area contributed by atoms with Gasteiger partial charge in [0.1, 0.15) is 11.4 Å². The number of hydrogen-bond donors (Lipinski definition) is 3. The van der Waals surface area contributed by atoms with Gasteiger partial charge < -0.3 is 24.7 Å². The largest absolute Gasteiger partial charge is 0.475 e. The zero-order valence-corrected chi connectivity index (χ0v) is 10.2. The van der Waals surface area contributed by atoms with Crippen LogP contribution >= 0.6 is 0 Å². The Balaban J connectivity index is 1.87. The van der Waals surface area contributed by atoms with Gasteiger partial charge >= 0.3 is 5.97 Å². The van der Waals surface area contributed by atoms with Crippen molar-refractivity contribution in [3.05, 3.63) is 23.2 Å². The van der Waals surface area contributed by atoms with E-state index in [0.29, 0.717) is 44.0 Å². The van der Waals surface area contributed by atoms with Crippen molar-refractivity contribution in [1.29, 1.82) is 0 Å². The SMILES string of the molecule is Cc1cc(CNCC2(O)CCOC2)oc1C(=O)O. The average Bonchev–Trinajstić information content (AvgIpc) is 2.86. The summed E-state index contributed by atoms with van der Waals surface area (Å²) in [4.78, 5) is 10.8. The van der Waals surface area contributed by atoms with Crippen LogP contribution in [0, 0.1) is 6.92 Å². The van der Waals surface area contributed by atoms with E-state index in [1.807, 2.05) is 0 Å². The summed E-state index contributed by atoms with van der Waals surface area (Å²) in [5, 5.41) is 21.9. The normalized spacial score (nSPS) is 23.4. The number of carboxylic acid groups (broad SMARTS) is 1. The maximum Gasteiger partial charge on any atom is 0.372 e. The molecule has 0 bridgehead atoms. The zero-order valence-electron chi connectivity index (χ0n) is 10.2. The predicted molar refractivity (Wildman–Crippen MR) is 62.5 cm³/mol. The second kappa shape index (κ2) is 5.09. The van der Waals surface area contributed by atoms with Crippen molar-refractivity contribution in [3.63, 3.8) is 0 Å². The number of hydrogen-bond acceptors (Lipinski definition) is 5. The van der Waals surface area contributed by atoms with E-state index < -0.39 is 11.6 Å². The lowest BCUT2D eigenvalue weighted by Crippen LogP contribution is -2.40. The van der Waals surface area contributed by atoms with Crippen LogP contribution in [-0.2, 0) is 11.3 Å². The molecular formula is C12H17NO5. The summed E-state index contributed by atoms with van der Waals surface area (Å²) in [5.74, 6) is -0.552. The third-order valence-corrected chi connectivity index (χ3v) is 3.00. The highest BCUT2D eigenvalue weighted by Crippen LogP contribution is 2.18. The Morgan fingerprint density at radius 3 is 2.94 bits per heavy atom. The molecule has 100 valence electrons. The van der Waals surface area contributed by atoms with E-state index in [2.05, 4.69) is 5.32 Å². The molecule has 0 radical (unpaired) electrons. The minimum Gasteiger partial charge on any atom is -0.475 e. The van der Waals surface area contributed by atoms with Crippen molar-refractivity contribution in [2.45, 2.75) is 25.5 Å². The van der Waals surface area contributed by atoms with Gasteiger partial charge in [0.15, 0.2) is 0 Å². The fourth-order valence-corrected chi connectivity index (χ4v) is 2.00. The number of carbonyl (C=O) groups is 1. The standard InChI is InChI=1S/C12H17NO5/c1-8-4-9(18-10(8)11(14)15)5-13-6-12(16)2-3-17-7-12/h4,13,16H,2-3,5-7H2,1H3,(H,14,15). The van der Waals surface area contributed by atoms with Crippen molar-refractivity contribution in [3.8, 4) is 0 Å². The quantitative estimate of drug-likeness (QED) is 0.710. The Labute approximate surface area is 105 Å². The number of aliphatic hydroxyl groups is 1. The van der Waals surface area contributed by atoms with Gasteiger partial charge in [-0.1, -0.05) is 0 Å². The van der Waals surface area contributed by atoms with E-state index in [-0.39, 0.29) is 5.76 Å². The highest BCUT2D eigenvalue weighted by atomic mass is 16.5. The first-order valence-electron chi connectivity index (χ1n) is 5.84. The van der Waals surface area contributed by atoms with Gasteiger partial charge in [0.25, 0.3) is 0 Å². The van der Waals surface area contributed by atoms with Crippen LogP contribution in [0.25, 0.3) is 0 Å². The zero-order chi connectivity index (χ0) is 13.2. The van der Waals surface area contributed by atoms with Crippen molar-refractivity contribution in [2.24, 2.45) is 0 Å². The average molecular weight is 255 g/mol. The van der Waals surface area contributed by atoms with Crippen LogP contribution in [-0.4, -0.2) is 41.5 Å². The summed E-state index contributed by atoms with van der Waals surface area (Å²) in [6.07, 6.45) is 0.609. The van der Waals surface area contributed by atoms with Crippen LogP contribution in [0.1, 0.15) is 28.3 Å². The molecule has 1 saturated heterocycles. The number of ether oxygens (including phenoxy) is 1. The molecule has 1 aromatic heterocycles. The molecule has 2 rings (SSSR count). The van der Waals surface area contributed by atoms with Gasteiger partial charge in [-0.3, -0.25) is 0 Å². The summed E-state index contributed by atoms with van der Waals surface area (Å²) in [6, 6.07) is 1.69. The molecule has 6 heteroatoms. The van der Waals surface area contributed by atoms with Gasteiger partial charge in [-0.15, -0.1) is 0 Å². The van der Waals surface area contributed by atoms with E-state index >= 15 is 0 Å². The summed E-state index contributed by atoms with van der Waals surface area (Å²) >= 11 is 0. The second-order valence-electron chi connectivity index (χ2n) is 4.66. The van der Waals surface area contributed by atoms with Crippen LogP contribution in [0.4, 0.5) is 0 Å². The van der Waals surface area contributed by atoms with Gasteiger partial charge in [0, 0.05) is 25.1 Å². The van der Waals surface area contributed by atoms with Gasteiger partial charge in [-0.25, -0.2) is 4.79 Å². The van der Waals surface area contributed by atoms with E-state index in [1.54, 1.807) is 13.0 Å². The maximum atomic E-state index is 10.8. The molecule has 1 unspecified atom stereocenters. The molecule has 1 atom stereocenters. The number of aromatic carboxylic acids is 1. The Bertz CT molecular complexity index is 434. The molecule has 0 saturated carbocycles. The van der Waals surface area contributed by atoms with Crippen molar-refractivity contribution < 1.29 is 24.2 Å². The predicted octanol–water partition coefficient (Wildman–Crippen LogP) is 0.527. The van der Waals surface area contributed by atoms with Crippen LogP contribution < -0.4 is 5.32 Å². The van der Waals surface area contributed by atoms with Crippen LogP contribution in [0.2, 0.25) is 0 Å². The molecule has 1 fully saturated rings. The van der Waals surface area contributed by atoms with Crippen molar-refractivity contribution >= 4 is 5.97 Å². The first-order valence-corrected chi connectivity index (χ1v) is 5.84. The first-order chi connectivity index (χ1) is 8.50. The van der Waals surface area contributed by atoms with Crippen molar-refractivity contribution in [2.75, 3.05) is 19.8 Å². The molecule has 1 aliphatic heterocycles. The summed E-state index contributed by atoms with van der Waals surface area (Å²) in [5.41, 5.74) is -0.223. The molecule has 1 aliphatic rings. The molecule has 0 amide bonds. The molecule has 3 N–H and O–H groups in total. The number of carboxylic acids is 1. The molecule has 0 aromatic carbocycles. The lowest BCUT2D eigenvalue weighted by Gasteiger charge is -2.20. The summed E-state index contributed by atoms with van der Waals surface area (Å²) in [6.45, 7) is 3.37.